The topological polar surface area (TPSA) is 40.5 Å². The van der Waals surface area contributed by atoms with Crippen LogP contribution in [0.2, 0.25) is 0 Å². The second kappa shape index (κ2) is 3.17. The predicted octanol–water partition coefficient (Wildman–Crippen LogP) is 1.28. The van der Waals surface area contributed by atoms with Gasteiger partial charge in [0.25, 0.3) is 0 Å². The molecule has 2 N–H and O–H groups in total. The molecule has 0 spiro atoms. The Balaban J connectivity index is 2.85. The molecule has 0 fully saturated rings. The lowest BCUT2D eigenvalue weighted by Gasteiger charge is -2.18. The van der Waals surface area contributed by atoms with Crippen molar-refractivity contribution in [3.63, 3.8) is 0 Å². The van der Waals surface area contributed by atoms with Gasteiger partial charge in [-0.05, 0) is 12.2 Å². The number of allylic oxidation sites excluding steroid dienone is 2. The van der Waals surface area contributed by atoms with Gasteiger partial charge >= 0.3 is 0 Å². The second-order valence-corrected chi connectivity index (χ2v) is 3.85. The molecule has 0 amide bonds. The van der Waals surface area contributed by atoms with Gasteiger partial charge < -0.3 is 10.2 Å². The molecule has 0 bridgehead atoms. The quantitative estimate of drug-likeness (QED) is 0.696. The van der Waals surface area contributed by atoms with E-state index in [0.29, 0.717) is 4.48 Å². The van der Waals surface area contributed by atoms with Crippen LogP contribution in [0.25, 0.3) is 0 Å². The lowest BCUT2D eigenvalue weighted by atomic mass is 10.1. The summed E-state index contributed by atoms with van der Waals surface area (Å²) in [4.78, 5) is 0. The van der Waals surface area contributed by atoms with Gasteiger partial charge in [0.1, 0.15) is 12.2 Å². The first kappa shape index (κ1) is 8.46. The average Bonchev–Trinajstić information content (AvgIpc) is 1.82. The highest BCUT2D eigenvalue weighted by molar-refractivity contribution is 9.12. The van der Waals surface area contributed by atoms with E-state index in [0.717, 1.165) is 4.48 Å². The van der Waals surface area contributed by atoms with E-state index < -0.39 is 12.2 Å². The number of rotatable bonds is 0. The van der Waals surface area contributed by atoms with Gasteiger partial charge in [-0.3, -0.25) is 0 Å². The SMILES string of the molecule is O[C@@H]1C(Br)=CC(Br)=C[C@@H]1O. The number of halogens is 2. The summed E-state index contributed by atoms with van der Waals surface area (Å²) in [5.41, 5.74) is 0. The molecule has 0 radical (unpaired) electrons. The van der Waals surface area contributed by atoms with E-state index in [4.69, 9.17) is 10.2 Å². The Morgan fingerprint density at radius 2 is 1.90 bits per heavy atom. The van der Waals surface area contributed by atoms with Crippen LogP contribution in [0, 0.1) is 0 Å². The van der Waals surface area contributed by atoms with Crippen molar-refractivity contribution in [2.75, 3.05) is 0 Å². The van der Waals surface area contributed by atoms with Crippen molar-refractivity contribution >= 4 is 31.9 Å². The minimum atomic E-state index is -0.818. The molecule has 1 rings (SSSR count). The van der Waals surface area contributed by atoms with Gasteiger partial charge in [0, 0.05) is 8.96 Å². The highest BCUT2D eigenvalue weighted by Crippen LogP contribution is 2.25. The van der Waals surface area contributed by atoms with E-state index in [1.54, 1.807) is 6.08 Å². The standard InChI is InChI=1S/C6H6Br2O2/c7-3-1-4(8)6(10)5(9)2-3/h1-2,5-6,9-10H/t5-,6+/m0/s1. The molecule has 56 valence electrons. The molecule has 4 heteroatoms. The zero-order chi connectivity index (χ0) is 7.72. The molecule has 0 saturated heterocycles. The van der Waals surface area contributed by atoms with Crippen LogP contribution in [0.15, 0.2) is 21.1 Å². The molecule has 0 aliphatic heterocycles. The molecule has 0 unspecified atom stereocenters. The average molecular weight is 270 g/mol. The first-order valence-corrected chi connectivity index (χ1v) is 4.30. The van der Waals surface area contributed by atoms with Crippen molar-refractivity contribution in [2.45, 2.75) is 12.2 Å². The van der Waals surface area contributed by atoms with Crippen LogP contribution in [0.3, 0.4) is 0 Å². The lowest BCUT2D eigenvalue weighted by molar-refractivity contribution is 0.0773. The van der Waals surface area contributed by atoms with Gasteiger partial charge in [0.2, 0.25) is 0 Å². The van der Waals surface area contributed by atoms with Crippen molar-refractivity contribution in [3.8, 4) is 0 Å². The van der Waals surface area contributed by atoms with E-state index in [9.17, 15) is 0 Å². The Kier molecular flexibility index (Phi) is 2.68. The van der Waals surface area contributed by atoms with Crippen molar-refractivity contribution in [1.29, 1.82) is 0 Å². The van der Waals surface area contributed by atoms with Gasteiger partial charge in [-0.2, -0.15) is 0 Å². The van der Waals surface area contributed by atoms with Gasteiger partial charge in [0.05, 0.1) is 0 Å². The Morgan fingerprint density at radius 1 is 1.30 bits per heavy atom. The number of aliphatic hydroxyl groups is 2. The number of hydrogen-bond donors (Lipinski definition) is 2. The Labute approximate surface area is 75.5 Å². The largest absolute Gasteiger partial charge is 0.386 e. The fraction of sp³-hybridized carbons (Fsp3) is 0.333. The molecule has 10 heavy (non-hydrogen) atoms. The maximum atomic E-state index is 9.13. The van der Waals surface area contributed by atoms with Crippen LogP contribution in [0.1, 0.15) is 0 Å². The van der Waals surface area contributed by atoms with Gasteiger partial charge in [-0.25, -0.2) is 0 Å². The molecule has 0 heterocycles. The van der Waals surface area contributed by atoms with Crippen molar-refractivity contribution in [1.82, 2.24) is 0 Å². The minimum Gasteiger partial charge on any atom is -0.386 e. The first-order valence-electron chi connectivity index (χ1n) is 2.72. The molecule has 2 nitrogen and oxygen atoms in total. The summed E-state index contributed by atoms with van der Waals surface area (Å²) in [6.07, 6.45) is 1.61. The monoisotopic (exact) mass is 268 g/mol. The fourth-order valence-electron chi connectivity index (χ4n) is 0.683. The van der Waals surface area contributed by atoms with Crippen LogP contribution in [0.4, 0.5) is 0 Å². The van der Waals surface area contributed by atoms with Crippen LogP contribution in [-0.4, -0.2) is 22.4 Å². The summed E-state index contributed by atoms with van der Waals surface area (Å²) in [7, 11) is 0. The third-order valence-corrected chi connectivity index (χ3v) is 2.40. The number of hydrogen-bond acceptors (Lipinski definition) is 2. The van der Waals surface area contributed by atoms with Crippen molar-refractivity contribution in [2.24, 2.45) is 0 Å². The van der Waals surface area contributed by atoms with Crippen molar-refractivity contribution < 1.29 is 10.2 Å². The molecule has 0 saturated carbocycles. The second-order valence-electron chi connectivity index (χ2n) is 2.02. The summed E-state index contributed by atoms with van der Waals surface area (Å²) < 4.78 is 1.37. The van der Waals surface area contributed by atoms with E-state index in [1.165, 1.54) is 6.08 Å². The zero-order valence-corrected chi connectivity index (χ0v) is 8.13. The molecule has 0 aromatic rings. The van der Waals surface area contributed by atoms with Crippen LogP contribution >= 0.6 is 31.9 Å². The normalized spacial score (nSPS) is 33.2. The summed E-state index contributed by atoms with van der Waals surface area (Å²) >= 11 is 6.29. The van der Waals surface area contributed by atoms with Gasteiger partial charge in [-0.1, -0.05) is 31.9 Å². The van der Waals surface area contributed by atoms with Crippen LogP contribution < -0.4 is 0 Å². The molecule has 0 aromatic carbocycles. The predicted molar refractivity (Wildman–Crippen MR) is 46.0 cm³/mol. The van der Waals surface area contributed by atoms with Gasteiger partial charge in [-0.15, -0.1) is 0 Å². The smallest absolute Gasteiger partial charge is 0.115 e. The Hall–Kier alpha value is 0.360. The third-order valence-electron chi connectivity index (χ3n) is 1.21. The Morgan fingerprint density at radius 3 is 2.40 bits per heavy atom. The lowest BCUT2D eigenvalue weighted by Crippen LogP contribution is -2.26. The van der Waals surface area contributed by atoms with E-state index in [1.807, 2.05) is 0 Å². The molecule has 2 atom stereocenters. The van der Waals surface area contributed by atoms with Gasteiger partial charge in [0.15, 0.2) is 0 Å². The minimum absolute atomic E-state index is 0.592. The molecular formula is C6H6Br2O2. The molecule has 1 aliphatic carbocycles. The maximum absolute atomic E-state index is 9.13. The summed E-state index contributed by atoms with van der Waals surface area (Å²) in [6.45, 7) is 0. The zero-order valence-electron chi connectivity index (χ0n) is 4.96. The molecular weight excluding hydrogens is 264 g/mol. The summed E-state index contributed by atoms with van der Waals surface area (Å²) in [5, 5.41) is 18.2. The van der Waals surface area contributed by atoms with Crippen molar-refractivity contribution in [3.05, 3.63) is 21.1 Å². The van der Waals surface area contributed by atoms with Crippen LogP contribution in [-0.2, 0) is 0 Å². The first-order chi connectivity index (χ1) is 4.61. The molecule has 0 aromatic heterocycles. The highest BCUT2D eigenvalue weighted by atomic mass is 79.9. The van der Waals surface area contributed by atoms with Crippen LogP contribution in [0.5, 0.6) is 0 Å². The summed E-state index contributed by atoms with van der Waals surface area (Å²) in [6, 6.07) is 0. The van der Waals surface area contributed by atoms with E-state index in [2.05, 4.69) is 31.9 Å². The third kappa shape index (κ3) is 1.69. The fourth-order valence-corrected chi connectivity index (χ4v) is 2.02. The Bertz CT molecular complexity index is 198. The highest BCUT2D eigenvalue weighted by Gasteiger charge is 2.20. The maximum Gasteiger partial charge on any atom is 0.115 e. The van der Waals surface area contributed by atoms with E-state index in [-0.39, 0.29) is 0 Å². The molecule has 1 aliphatic rings. The number of aliphatic hydroxyl groups excluding tert-OH is 2. The summed E-state index contributed by atoms with van der Waals surface area (Å²) in [5.74, 6) is 0. The van der Waals surface area contributed by atoms with E-state index >= 15 is 0 Å².